The van der Waals surface area contributed by atoms with Gasteiger partial charge in [0.1, 0.15) is 5.02 Å². The Morgan fingerprint density at radius 1 is 1.17 bits per heavy atom. The van der Waals surface area contributed by atoms with Crippen LogP contribution in [0.2, 0.25) is 5.02 Å². The quantitative estimate of drug-likeness (QED) is 0.0864. The van der Waals surface area contributed by atoms with Gasteiger partial charge in [0.25, 0.3) is 5.69 Å². The number of nitro groups is 1. The monoisotopic (exact) mass is 618 g/mol. The van der Waals surface area contributed by atoms with Crippen LogP contribution < -0.4 is 9.47 Å². The molecule has 3 aromatic rings. The van der Waals surface area contributed by atoms with E-state index in [1.54, 1.807) is 24.3 Å². The molecule has 3 aromatic carbocycles. The van der Waals surface area contributed by atoms with Crippen LogP contribution in [-0.4, -0.2) is 29.9 Å². The van der Waals surface area contributed by atoms with Crippen LogP contribution in [0.4, 0.5) is 5.69 Å². The van der Waals surface area contributed by atoms with Crippen molar-refractivity contribution in [3.8, 4) is 11.5 Å². The maximum Gasteiger partial charge on any atom is 0.363 e. The first-order valence-corrected chi connectivity index (χ1v) is 11.7. The van der Waals surface area contributed by atoms with Crippen molar-refractivity contribution in [2.75, 3.05) is 7.11 Å². The van der Waals surface area contributed by atoms with Crippen LogP contribution in [-0.2, 0) is 9.53 Å². The number of carbonyl (C=O) groups excluding carboxylic acids is 2. The zero-order valence-corrected chi connectivity index (χ0v) is 21.7. The van der Waals surface area contributed by atoms with E-state index in [9.17, 15) is 19.7 Å². The molecule has 0 radical (unpaired) electrons. The lowest BCUT2D eigenvalue weighted by molar-refractivity contribution is -0.384. The van der Waals surface area contributed by atoms with Gasteiger partial charge in [-0.2, -0.15) is 0 Å². The predicted octanol–water partition coefficient (Wildman–Crippen LogP) is 5.73. The molecule has 0 saturated heterocycles. The highest BCUT2D eigenvalue weighted by Crippen LogP contribution is 2.36. The topological polar surface area (TPSA) is 117 Å². The van der Waals surface area contributed by atoms with Gasteiger partial charge in [-0.15, -0.1) is 0 Å². The third-order valence-corrected chi connectivity index (χ3v) is 6.17. The second kappa shape index (κ2) is 10.5. The van der Waals surface area contributed by atoms with Gasteiger partial charge in [0.05, 0.1) is 21.2 Å². The summed E-state index contributed by atoms with van der Waals surface area (Å²) >= 11 is 7.84. The number of hydrogen-bond acceptors (Lipinski definition) is 8. The van der Waals surface area contributed by atoms with Crippen molar-refractivity contribution >= 4 is 63.8 Å². The number of benzene rings is 3. The summed E-state index contributed by atoms with van der Waals surface area (Å²) in [6, 6.07) is 14.2. The van der Waals surface area contributed by atoms with E-state index >= 15 is 0 Å². The Labute approximate surface area is 223 Å². The molecule has 0 unspecified atom stereocenters. The number of aryl methyl sites for hydroxylation is 1. The summed E-state index contributed by atoms with van der Waals surface area (Å²) in [5, 5.41) is 11.1. The summed E-state index contributed by atoms with van der Waals surface area (Å²) in [7, 11) is 1.43. The minimum absolute atomic E-state index is 0.0233. The Morgan fingerprint density at radius 2 is 1.89 bits per heavy atom. The molecule has 1 aliphatic rings. The molecule has 0 aliphatic carbocycles. The lowest BCUT2D eigenvalue weighted by Crippen LogP contribution is -2.10. The summed E-state index contributed by atoms with van der Waals surface area (Å²) in [6.07, 6.45) is 1.47. The largest absolute Gasteiger partial charge is 0.493 e. The highest BCUT2D eigenvalue weighted by Gasteiger charge is 2.26. The molecular formula is C25H16ClIN2O7. The zero-order valence-electron chi connectivity index (χ0n) is 18.8. The Bertz CT molecular complexity index is 1470. The molecule has 11 heteroatoms. The molecule has 0 saturated carbocycles. The number of carbonyl (C=O) groups is 2. The summed E-state index contributed by atoms with van der Waals surface area (Å²) in [6.45, 7) is 1.92. The van der Waals surface area contributed by atoms with Crippen molar-refractivity contribution in [3.05, 3.63) is 101 Å². The van der Waals surface area contributed by atoms with E-state index in [0.29, 0.717) is 14.7 Å². The molecule has 0 spiro atoms. The van der Waals surface area contributed by atoms with Gasteiger partial charge in [0, 0.05) is 11.6 Å². The van der Waals surface area contributed by atoms with Crippen molar-refractivity contribution in [1.82, 2.24) is 0 Å². The Morgan fingerprint density at radius 3 is 2.56 bits per heavy atom. The van der Waals surface area contributed by atoms with E-state index in [0.717, 1.165) is 5.56 Å². The first-order chi connectivity index (χ1) is 17.2. The van der Waals surface area contributed by atoms with Crippen LogP contribution in [0.15, 0.2) is 65.3 Å². The highest BCUT2D eigenvalue weighted by molar-refractivity contribution is 14.1. The average molecular weight is 619 g/mol. The first kappa shape index (κ1) is 25.3. The molecule has 9 nitrogen and oxygen atoms in total. The van der Waals surface area contributed by atoms with E-state index < -0.39 is 16.9 Å². The third kappa shape index (κ3) is 5.39. The van der Waals surface area contributed by atoms with Gasteiger partial charge in [-0.25, -0.2) is 14.6 Å². The predicted molar refractivity (Wildman–Crippen MR) is 141 cm³/mol. The number of halogens is 2. The maximum absolute atomic E-state index is 12.6. The fraction of sp³-hybridized carbons (Fsp3) is 0.0800. The number of esters is 2. The second-order valence-electron chi connectivity index (χ2n) is 7.55. The molecule has 0 amide bonds. The average Bonchev–Trinajstić information content (AvgIpc) is 3.20. The van der Waals surface area contributed by atoms with Gasteiger partial charge in [-0.05, 0) is 77.6 Å². The van der Waals surface area contributed by atoms with Crippen LogP contribution in [0.3, 0.4) is 0 Å². The number of nitrogens with zero attached hydrogens (tertiary/aromatic N) is 2. The van der Waals surface area contributed by atoms with Gasteiger partial charge in [0.2, 0.25) is 5.90 Å². The number of methoxy groups -OCH3 is 1. The fourth-order valence-corrected chi connectivity index (χ4v) is 4.16. The molecule has 182 valence electrons. The van der Waals surface area contributed by atoms with Crippen molar-refractivity contribution in [1.29, 1.82) is 0 Å². The van der Waals surface area contributed by atoms with Crippen LogP contribution in [0, 0.1) is 20.6 Å². The molecule has 0 fully saturated rings. The molecule has 0 aromatic heterocycles. The van der Waals surface area contributed by atoms with Crippen molar-refractivity contribution in [3.63, 3.8) is 0 Å². The van der Waals surface area contributed by atoms with Crippen molar-refractivity contribution < 1.29 is 28.7 Å². The molecule has 1 aliphatic heterocycles. The lowest BCUT2D eigenvalue weighted by Gasteiger charge is -2.12. The van der Waals surface area contributed by atoms with Gasteiger partial charge >= 0.3 is 11.9 Å². The molecule has 4 rings (SSSR count). The molecular weight excluding hydrogens is 603 g/mol. The molecule has 0 bridgehead atoms. The Kier molecular flexibility index (Phi) is 7.36. The fourth-order valence-electron chi connectivity index (χ4n) is 3.24. The van der Waals surface area contributed by atoms with Gasteiger partial charge in [0.15, 0.2) is 17.2 Å². The van der Waals surface area contributed by atoms with E-state index in [1.807, 2.05) is 41.6 Å². The molecule has 36 heavy (non-hydrogen) atoms. The number of nitro benzene ring substituents is 1. The normalized spacial score (nSPS) is 13.8. The summed E-state index contributed by atoms with van der Waals surface area (Å²) < 4.78 is 16.7. The Hall–Kier alpha value is -3.77. The zero-order chi connectivity index (χ0) is 26.0. The molecule has 0 N–H and O–H groups in total. The summed E-state index contributed by atoms with van der Waals surface area (Å²) in [4.78, 5) is 39.7. The minimum Gasteiger partial charge on any atom is -0.493 e. The SMILES string of the molecule is COc1cc(/C=C2\N=C(c3ccc(Cl)c([N+](=O)[O-])c3)OC2=O)cc(I)c1OC(=O)c1ccc(C)cc1. The number of aliphatic imine (C=N–C) groups is 1. The molecule has 1 heterocycles. The minimum atomic E-state index is -0.730. The van der Waals surface area contributed by atoms with E-state index in [1.165, 1.54) is 31.4 Å². The van der Waals surface area contributed by atoms with Crippen LogP contribution in [0.5, 0.6) is 11.5 Å². The highest BCUT2D eigenvalue weighted by atomic mass is 127. The Balaban J connectivity index is 1.63. The van der Waals surface area contributed by atoms with Gasteiger partial charge in [-0.1, -0.05) is 29.3 Å². The van der Waals surface area contributed by atoms with Crippen LogP contribution in [0.25, 0.3) is 6.08 Å². The van der Waals surface area contributed by atoms with Crippen molar-refractivity contribution in [2.45, 2.75) is 6.92 Å². The lowest BCUT2D eigenvalue weighted by atomic mass is 10.1. The van der Waals surface area contributed by atoms with Crippen LogP contribution >= 0.6 is 34.2 Å². The van der Waals surface area contributed by atoms with Gasteiger partial charge in [-0.3, -0.25) is 10.1 Å². The van der Waals surface area contributed by atoms with Crippen molar-refractivity contribution in [2.24, 2.45) is 4.99 Å². The van der Waals surface area contributed by atoms with Crippen LogP contribution in [0.1, 0.15) is 27.0 Å². The number of cyclic esters (lactones) is 1. The number of hydrogen-bond donors (Lipinski definition) is 0. The smallest absolute Gasteiger partial charge is 0.363 e. The molecule has 0 atom stereocenters. The third-order valence-electron chi connectivity index (χ3n) is 5.05. The number of ether oxygens (including phenoxy) is 3. The standard InChI is InChI=1S/C25H16ClIN2O7/c1-13-3-5-15(6-4-13)24(30)35-22-18(27)9-14(11-21(22)34-2)10-19-25(31)36-23(28-19)16-7-8-17(26)20(12-16)29(32)33/h3-12H,1-2H3/b19-10-. The van der Waals surface area contributed by atoms with E-state index in [-0.39, 0.29) is 39.4 Å². The summed E-state index contributed by atoms with van der Waals surface area (Å²) in [5.41, 5.74) is 1.81. The first-order valence-electron chi connectivity index (χ1n) is 10.3. The maximum atomic E-state index is 12.6. The van der Waals surface area contributed by atoms with E-state index in [4.69, 9.17) is 25.8 Å². The summed E-state index contributed by atoms with van der Waals surface area (Å²) in [5.74, 6) is -0.846. The second-order valence-corrected chi connectivity index (χ2v) is 9.12. The van der Waals surface area contributed by atoms with E-state index in [2.05, 4.69) is 4.99 Å². The number of rotatable bonds is 6. The van der Waals surface area contributed by atoms with Gasteiger partial charge < -0.3 is 14.2 Å².